The number of furan rings is 1. The molecule has 4 nitrogen and oxygen atoms in total. The van der Waals surface area contributed by atoms with Crippen LogP contribution < -0.4 is 5.32 Å². The van der Waals surface area contributed by atoms with E-state index in [9.17, 15) is 14.3 Å². The summed E-state index contributed by atoms with van der Waals surface area (Å²) in [6.45, 7) is 3.50. The van der Waals surface area contributed by atoms with E-state index in [-0.39, 0.29) is 18.1 Å². The molecule has 0 saturated carbocycles. The average Bonchev–Trinajstić information content (AvgIpc) is 2.96. The lowest BCUT2D eigenvalue weighted by atomic mass is 9.96. The minimum absolute atomic E-state index is 0.0203. The van der Waals surface area contributed by atoms with Gasteiger partial charge >= 0.3 is 0 Å². The summed E-state index contributed by atoms with van der Waals surface area (Å²) in [5.41, 5.74) is 0.918. The van der Waals surface area contributed by atoms with E-state index in [4.69, 9.17) is 4.42 Å². The smallest absolute Gasteiger partial charge is 0.287 e. The largest absolute Gasteiger partial charge is 0.451 e. The van der Waals surface area contributed by atoms with E-state index in [1.54, 1.807) is 13.0 Å². The lowest BCUT2D eigenvalue weighted by Crippen LogP contribution is -2.38. The second-order valence-electron chi connectivity index (χ2n) is 6.12. The van der Waals surface area contributed by atoms with Crippen molar-refractivity contribution < 1.29 is 18.7 Å². The standard InChI is InChI=1S/C19H18FNO3/c1-12-3-8-16-13(9-12)10-17(24-16)18(22)21-11-19(2,23)14-4-6-15(20)7-5-14/h3-10,23H,11H2,1-2H3,(H,21,22). The molecule has 124 valence electrons. The first kappa shape index (κ1) is 16.2. The summed E-state index contributed by atoms with van der Waals surface area (Å²) in [5, 5.41) is 14.0. The van der Waals surface area contributed by atoms with Crippen LogP contribution >= 0.6 is 0 Å². The molecule has 1 heterocycles. The molecule has 0 spiro atoms. The Morgan fingerprint density at radius 1 is 1.21 bits per heavy atom. The predicted molar refractivity (Wildman–Crippen MR) is 89.3 cm³/mol. The monoisotopic (exact) mass is 327 g/mol. The number of rotatable bonds is 4. The number of carbonyl (C=O) groups excluding carboxylic acids is 1. The lowest BCUT2D eigenvalue weighted by Gasteiger charge is -2.24. The third-order valence-electron chi connectivity index (χ3n) is 3.95. The first-order chi connectivity index (χ1) is 11.3. The molecule has 0 aliphatic rings. The molecular weight excluding hydrogens is 309 g/mol. The van der Waals surface area contributed by atoms with Crippen LogP contribution in [0.2, 0.25) is 0 Å². The van der Waals surface area contributed by atoms with Crippen LogP contribution in [0.4, 0.5) is 4.39 Å². The second-order valence-corrected chi connectivity index (χ2v) is 6.12. The van der Waals surface area contributed by atoms with Crippen molar-refractivity contribution in [2.45, 2.75) is 19.4 Å². The number of aliphatic hydroxyl groups is 1. The quantitative estimate of drug-likeness (QED) is 0.771. The minimum Gasteiger partial charge on any atom is -0.451 e. The van der Waals surface area contributed by atoms with E-state index < -0.39 is 11.5 Å². The Morgan fingerprint density at radius 2 is 1.92 bits per heavy atom. The molecule has 3 rings (SSSR count). The first-order valence-corrected chi connectivity index (χ1v) is 7.62. The molecule has 0 aliphatic heterocycles. The fraction of sp³-hybridized carbons (Fsp3) is 0.211. The van der Waals surface area contributed by atoms with Crippen LogP contribution in [0.25, 0.3) is 11.0 Å². The van der Waals surface area contributed by atoms with E-state index >= 15 is 0 Å². The predicted octanol–water partition coefficient (Wildman–Crippen LogP) is 3.52. The van der Waals surface area contributed by atoms with E-state index in [1.807, 2.05) is 25.1 Å². The first-order valence-electron chi connectivity index (χ1n) is 7.62. The highest BCUT2D eigenvalue weighted by atomic mass is 19.1. The molecule has 3 aromatic rings. The lowest BCUT2D eigenvalue weighted by molar-refractivity contribution is 0.0519. The molecule has 1 atom stereocenters. The zero-order valence-electron chi connectivity index (χ0n) is 13.5. The molecule has 0 saturated heterocycles. The number of hydrogen-bond donors (Lipinski definition) is 2. The normalized spacial score (nSPS) is 13.7. The topological polar surface area (TPSA) is 62.5 Å². The third kappa shape index (κ3) is 3.31. The maximum atomic E-state index is 13.0. The van der Waals surface area contributed by atoms with Gasteiger partial charge in [-0.15, -0.1) is 0 Å². The van der Waals surface area contributed by atoms with Crippen molar-refractivity contribution in [1.82, 2.24) is 5.32 Å². The highest BCUT2D eigenvalue weighted by molar-refractivity contribution is 5.96. The van der Waals surface area contributed by atoms with Crippen molar-refractivity contribution in [1.29, 1.82) is 0 Å². The zero-order chi connectivity index (χ0) is 17.3. The van der Waals surface area contributed by atoms with Crippen LogP contribution in [0, 0.1) is 12.7 Å². The number of benzene rings is 2. The maximum Gasteiger partial charge on any atom is 0.287 e. The number of hydrogen-bond acceptors (Lipinski definition) is 3. The molecule has 5 heteroatoms. The van der Waals surface area contributed by atoms with Crippen molar-refractivity contribution in [3.63, 3.8) is 0 Å². The SMILES string of the molecule is Cc1ccc2oc(C(=O)NCC(C)(O)c3ccc(F)cc3)cc2c1. The van der Waals surface area contributed by atoms with Gasteiger partial charge in [0.25, 0.3) is 5.91 Å². The number of fused-ring (bicyclic) bond motifs is 1. The molecule has 1 aromatic heterocycles. The van der Waals surface area contributed by atoms with E-state index in [0.717, 1.165) is 10.9 Å². The molecule has 0 fully saturated rings. The third-order valence-corrected chi connectivity index (χ3v) is 3.95. The minimum atomic E-state index is -1.31. The highest BCUT2D eigenvalue weighted by Gasteiger charge is 2.25. The summed E-state index contributed by atoms with van der Waals surface area (Å²) >= 11 is 0. The van der Waals surface area contributed by atoms with Gasteiger partial charge in [0.05, 0.1) is 6.54 Å². The van der Waals surface area contributed by atoms with Gasteiger partial charge in [0.15, 0.2) is 5.76 Å². The Labute approximate surface area is 138 Å². The van der Waals surface area contributed by atoms with Crippen LogP contribution in [0.1, 0.15) is 28.6 Å². The van der Waals surface area contributed by atoms with Gasteiger partial charge < -0.3 is 14.8 Å². The zero-order valence-corrected chi connectivity index (χ0v) is 13.5. The summed E-state index contributed by atoms with van der Waals surface area (Å²) in [7, 11) is 0. The van der Waals surface area contributed by atoms with Crippen LogP contribution in [-0.2, 0) is 5.60 Å². The van der Waals surface area contributed by atoms with E-state index in [2.05, 4.69) is 5.32 Å². The molecule has 1 unspecified atom stereocenters. The van der Waals surface area contributed by atoms with Gasteiger partial charge in [0, 0.05) is 5.39 Å². The Morgan fingerprint density at radius 3 is 2.62 bits per heavy atom. The van der Waals surface area contributed by atoms with E-state index in [0.29, 0.717) is 11.1 Å². The maximum absolute atomic E-state index is 13.0. The van der Waals surface area contributed by atoms with Crippen LogP contribution in [0.5, 0.6) is 0 Å². The molecule has 24 heavy (non-hydrogen) atoms. The molecule has 0 bridgehead atoms. The van der Waals surface area contributed by atoms with Gasteiger partial charge in [-0.2, -0.15) is 0 Å². The van der Waals surface area contributed by atoms with Crippen molar-refractivity contribution in [3.8, 4) is 0 Å². The number of nitrogens with one attached hydrogen (secondary N) is 1. The van der Waals surface area contributed by atoms with Gasteiger partial charge in [-0.25, -0.2) is 4.39 Å². The van der Waals surface area contributed by atoms with Gasteiger partial charge in [-0.05, 0) is 49.7 Å². The van der Waals surface area contributed by atoms with Gasteiger partial charge in [-0.1, -0.05) is 23.8 Å². The van der Waals surface area contributed by atoms with Gasteiger partial charge in [0.1, 0.15) is 17.0 Å². The summed E-state index contributed by atoms with van der Waals surface area (Å²) < 4.78 is 18.5. The molecule has 2 N–H and O–H groups in total. The summed E-state index contributed by atoms with van der Waals surface area (Å²) in [5.74, 6) is -0.604. The van der Waals surface area contributed by atoms with Crippen molar-refractivity contribution in [2.75, 3.05) is 6.54 Å². The van der Waals surface area contributed by atoms with Gasteiger partial charge in [-0.3, -0.25) is 4.79 Å². The fourth-order valence-corrected chi connectivity index (χ4v) is 2.53. The Balaban J connectivity index is 1.72. The molecule has 0 aliphatic carbocycles. The van der Waals surface area contributed by atoms with Crippen molar-refractivity contribution in [2.24, 2.45) is 0 Å². The number of amides is 1. The summed E-state index contributed by atoms with van der Waals surface area (Å²) in [6.07, 6.45) is 0. The van der Waals surface area contributed by atoms with E-state index in [1.165, 1.54) is 24.3 Å². The van der Waals surface area contributed by atoms with Crippen LogP contribution in [0.15, 0.2) is 52.9 Å². The van der Waals surface area contributed by atoms with Crippen LogP contribution in [-0.4, -0.2) is 17.6 Å². The molecule has 0 radical (unpaired) electrons. The Kier molecular flexibility index (Phi) is 4.11. The molecular formula is C19H18FNO3. The average molecular weight is 327 g/mol. The fourth-order valence-electron chi connectivity index (χ4n) is 2.53. The molecule has 2 aromatic carbocycles. The Bertz CT molecular complexity index is 881. The molecule has 1 amide bonds. The highest BCUT2D eigenvalue weighted by Crippen LogP contribution is 2.22. The summed E-state index contributed by atoms with van der Waals surface area (Å²) in [4.78, 5) is 12.3. The second kappa shape index (κ2) is 6.09. The Hall–Kier alpha value is -2.66. The van der Waals surface area contributed by atoms with Gasteiger partial charge in [0.2, 0.25) is 0 Å². The summed E-state index contributed by atoms with van der Waals surface area (Å²) in [6, 6.07) is 12.9. The van der Waals surface area contributed by atoms with Crippen molar-refractivity contribution >= 4 is 16.9 Å². The van der Waals surface area contributed by atoms with Crippen LogP contribution in [0.3, 0.4) is 0 Å². The number of halogens is 1. The number of aryl methyl sites for hydroxylation is 1. The van der Waals surface area contributed by atoms with Crippen molar-refractivity contribution in [3.05, 3.63) is 71.2 Å². The number of carbonyl (C=O) groups is 1.